The summed E-state index contributed by atoms with van der Waals surface area (Å²) in [5.74, 6) is 1.71. The number of hydrogen-bond donors (Lipinski definition) is 2. The molecule has 1 heterocycles. The number of furan rings is 1. The first kappa shape index (κ1) is 10.8. The van der Waals surface area contributed by atoms with Crippen LogP contribution in [0.3, 0.4) is 0 Å². The third kappa shape index (κ3) is 2.88. The van der Waals surface area contributed by atoms with Gasteiger partial charge in [-0.05, 0) is 26.0 Å². The van der Waals surface area contributed by atoms with Crippen LogP contribution >= 0.6 is 0 Å². The Morgan fingerprint density at radius 3 is 2.79 bits per heavy atom. The lowest BCUT2D eigenvalue weighted by atomic mass is 10.2. The second-order valence-corrected chi connectivity index (χ2v) is 3.22. The molecule has 0 fully saturated rings. The first-order chi connectivity index (χ1) is 6.63. The number of likely N-dealkylation sites (N-methyl/N-ethyl adjacent to an activating group) is 1. The van der Waals surface area contributed by atoms with Crippen LogP contribution in [0, 0.1) is 6.92 Å². The van der Waals surface area contributed by atoms with Crippen molar-refractivity contribution in [2.75, 3.05) is 13.6 Å². The monoisotopic (exact) mass is 196 g/mol. The van der Waals surface area contributed by atoms with Crippen LogP contribution in [0.4, 0.5) is 0 Å². The summed E-state index contributed by atoms with van der Waals surface area (Å²) in [5, 5.41) is 5.60. The van der Waals surface area contributed by atoms with E-state index in [0.29, 0.717) is 6.54 Å². The van der Waals surface area contributed by atoms with Gasteiger partial charge in [0.2, 0.25) is 5.91 Å². The molecule has 78 valence electrons. The zero-order valence-corrected chi connectivity index (χ0v) is 8.76. The van der Waals surface area contributed by atoms with Gasteiger partial charge in [0.15, 0.2) is 0 Å². The second-order valence-electron chi connectivity index (χ2n) is 3.22. The molecular formula is C10H16N2O2. The van der Waals surface area contributed by atoms with Gasteiger partial charge >= 0.3 is 0 Å². The summed E-state index contributed by atoms with van der Waals surface area (Å²) in [6.07, 6.45) is 0. The van der Waals surface area contributed by atoms with E-state index >= 15 is 0 Å². The van der Waals surface area contributed by atoms with E-state index in [-0.39, 0.29) is 11.9 Å². The maximum Gasteiger partial charge on any atom is 0.233 e. The van der Waals surface area contributed by atoms with E-state index in [4.69, 9.17) is 4.42 Å². The smallest absolute Gasteiger partial charge is 0.233 e. The SMILES string of the molecule is CNC(=O)CNC(C)c1ccc(C)o1. The molecule has 1 aromatic heterocycles. The molecule has 4 nitrogen and oxygen atoms in total. The molecule has 1 aromatic rings. The van der Waals surface area contributed by atoms with Crippen molar-refractivity contribution in [2.45, 2.75) is 19.9 Å². The maximum absolute atomic E-state index is 10.9. The van der Waals surface area contributed by atoms with Crippen LogP contribution in [-0.4, -0.2) is 19.5 Å². The molecule has 0 saturated carbocycles. The van der Waals surface area contributed by atoms with Crippen molar-refractivity contribution >= 4 is 5.91 Å². The van der Waals surface area contributed by atoms with Gasteiger partial charge in [0, 0.05) is 7.05 Å². The van der Waals surface area contributed by atoms with E-state index in [1.165, 1.54) is 0 Å². The van der Waals surface area contributed by atoms with Crippen molar-refractivity contribution in [1.82, 2.24) is 10.6 Å². The molecule has 0 aromatic carbocycles. The lowest BCUT2D eigenvalue weighted by molar-refractivity contribution is -0.119. The van der Waals surface area contributed by atoms with E-state index in [1.807, 2.05) is 26.0 Å². The van der Waals surface area contributed by atoms with E-state index in [9.17, 15) is 4.79 Å². The Morgan fingerprint density at radius 2 is 2.29 bits per heavy atom. The zero-order valence-electron chi connectivity index (χ0n) is 8.76. The summed E-state index contributed by atoms with van der Waals surface area (Å²) in [6, 6.07) is 3.88. The van der Waals surface area contributed by atoms with Crippen molar-refractivity contribution in [3.05, 3.63) is 23.7 Å². The minimum absolute atomic E-state index is 0.0277. The topological polar surface area (TPSA) is 54.3 Å². The first-order valence-electron chi connectivity index (χ1n) is 4.63. The van der Waals surface area contributed by atoms with E-state index in [0.717, 1.165) is 11.5 Å². The van der Waals surface area contributed by atoms with Crippen LogP contribution < -0.4 is 10.6 Å². The Labute approximate surface area is 83.7 Å². The molecule has 4 heteroatoms. The molecule has 0 saturated heterocycles. The van der Waals surface area contributed by atoms with Gasteiger partial charge in [-0.1, -0.05) is 0 Å². The highest BCUT2D eigenvalue weighted by Crippen LogP contribution is 2.14. The van der Waals surface area contributed by atoms with E-state index in [1.54, 1.807) is 7.05 Å². The van der Waals surface area contributed by atoms with Gasteiger partial charge in [0.25, 0.3) is 0 Å². The van der Waals surface area contributed by atoms with Crippen LogP contribution in [0.5, 0.6) is 0 Å². The van der Waals surface area contributed by atoms with E-state index in [2.05, 4.69) is 10.6 Å². The summed E-state index contributed by atoms with van der Waals surface area (Å²) in [7, 11) is 1.62. The fraction of sp³-hybridized carbons (Fsp3) is 0.500. The Balaban J connectivity index is 2.42. The number of hydrogen-bond acceptors (Lipinski definition) is 3. The van der Waals surface area contributed by atoms with E-state index < -0.39 is 0 Å². The number of carbonyl (C=O) groups excluding carboxylic acids is 1. The van der Waals surface area contributed by atoms with Crippen LogP contribution in [-0.2, 0) is 4.79 Å². The molecule has 1 unspecified atom stereocenters. The van der Waals surface area contributed by atoms with Gasteiger partial charge in [-0.15, -0.1) is 0 Å². The van der Waals surface area contributed by atoms with Crippen molar-refractivity contribution in [2.24, 2.45) is 0 Å². The minimum atomic E-state index is -0.0277. The number of carbonyl (C=O) groups is 1. The van der Waals surface area contributed by atoms with Crippen molar-refractivity contribution in [3.63, 3.8) is 0 Å². The van der Waals surface area contributed by atoms with Gasteiger partial charge in [-0.25, -0.2) is 0 Å². The highest BCUT2D eigenvalue weighted by Gasteiger charge is 2.09. The quantitative estimate of drug-likeness (QED) is 0.755. The molecule has 14 heavy (non-hydrogen) atoms. The molecule has 1 amide bonds. The van der Waals surface area contributed by atoms with Gasteiger partial charge in [0.1, 0.15) is 11.5 Å². The van der Waals surface area contributed by atoms with Gasteiger partial charge in [-0.2, -0.15) is 0 Å². The largest absolute Gasteiger partial charge is 0.465 e. The standard InChI is InChI=1S/C10H16N2O2/c1-7-4-5-9(14-7)8(2)12-6-10(13)11-3/h4-5,8,12H,6H2,1-3H3,(H,11,13). The van der Waals surface area contributed by atoms with Gasteiger partial charge < -0.3 is 9.73 Å². The Kier molecular flexibility index (Phi) is 3.71. The molecule has 0 bridgehead atoms. The highest BCUT2D eigenvalue weighted by molar-refractivity contribution is 5.77. The van der Waals surface area contributed by atoms with Crippen LogP contribution in [0.25, 0.3) is 0 Å². The van der Waals surface area contributed by atoms with Crippen LogP contribution in [0.2, 0.25) is 0 Å². The average Bonchev–Trinajstić information content (AvgIpc) is 2.60. The summed E-state index contributed by atoms with van der Waals surface area (Å²) in [6.45, 7) is 4.16. The minimum Gasteiger partial charge on any atom is -0.465 e. The number of nitrogens with one attached hydrogen (secondary N) is 2. The van der Waals surface area contributed by atoms with Crippen molar-refractivity contribution in [3.8, 4) is 0 Å². The molecule has 2 N–H and O–H groups in total. The summed E-state index contributed by atoms with van der Waals surface area (Å²) < 4.78 is 5.42. The van der Waals surface area contributed by atoms with Gasteiger partial charge in [-0.3, -0.25) is 10.1 Å². The molecule has 0 radical (unpaired) electrons. The second kappa shape index (κ2) is 4.81. The highest BCUT2D eigenvalue weighted by atomic mass is 16.3. The fourth-order valence-electron chi connectivity index (χ4n) is 1.12. The summed E-state index contributed by atoms with van der Waals surface area (Å²) >= 11 is 0. The third-order valence-corrected chi connectivity index (χ3v) is 2.04. The average molecular weight is 196 g/mol. The predicted molar refractivity (Wildman–Crippen MR) is 53.9 cm³/mol. The maximum atomic E-state index is 10.9. The summed E-state index contributed by atoms with van der Waals surface area (Å²) in [5.41, 5.74) is 0. The fourth-order valence-corrected chi connectivity index (χ4v) is 1.12. The molecule has 0 aliphatic carbocycles. The first-order valence-corrected chi connectivity index (χ1v) is 4.63. The lowest BCUT2D eigenvalue weighted by Crippen LogP contribution is -2.32. The van der Waals surface area contributed by atoms with Crippen molar-refractivity contribution < 1.29 is 9.21 Å². The molecular weight excluding hydrogens is 180 g/mol. The Morgan fingerprint density at radius 1 is 1.57 bits per heavy atom. The van der Waals surface area contributed by atoms with Crippen LogP contribution in [0.1, 0.15) is 24.5 Å². The number of amides is 1. The predicted octanol–water partition coefficient (Wildman–Crippen LogP) is 0.985. The molecule has 0 aliphatic heterocycles. The number of rotatable bonds is 4. The Hall–Kier alpha value is -1.29. The van der Waals surface area contributed by atoms with Crippen LogP contribution in [0.15, 0.2) is 16.5 Å². The zero-order chi connectivity index (χ0) is 10.6. The van der Waals surface area contributed by atoms with Crippen molar-refractivity contribution in [1.29, 1.82) is 0 Å². The molecule has 0 spiro atoms. The molecule has 1 atom stereocenters. The van der Waals surface area contributed by atoms with Gasteiger partial charge in [0.05, 0.1) is 12.6 Å². The third-order valence-electron chi connectivity index (χ3n) is 2.04. The normalized spacial score (nSPS) is 12.5. The Bertz CT molecular complexity index is 307. The molecule has 0 aliphatic rings. The molecule has 1 rings (SSSR count). The lowest BCUT2D eigenvalue weighted by Gasteiger charge is -2.09. The number of aryl methyl sites for hydroxylation is 1. The summed E-state index contributed by atoms with van der Waals surface area (Å²) in [4.78, 5) is 10.9.